The van der Waals surface area contributed by atoms with Crippen molar-refractivity contribution in [2.24, 2.45) is 5.92 Å². The van der Waals surface area contributed by atoms with Gasteiger partial charge in [-0.05, 0) is 18.8 Å². The number of hydrogen-bond donors (Lipinski definition) is 1. The molecule has 2 rings (SSSR count). The highest BCUT2D eigenvalue weighted by atomic mass is 32.1. The van der Waals surface area contributed by atoms with Crippen molar-refractivity contribution < 1.29 is 9.59 Å². The molecule has 6 nitrogen and oxygen atoms in total. The Morgan fingerprint density at radius 2 is 1.95 bits per heavy atom. The van der Waals surface area contributed by atoms with Crippen LogP contribution < -0.4 is 5.32 Å². The molecule has 0 atom stereocenters. The maximum absolute atomic E-state index is 12.1. The summed E-state index contributed by atoms with van der Waals surface area (Å²) >= 11 is 1.38. The number of piperidine rings is 1. The lowest BCUT2D eigenvalue weighted by Gasteiger charge is -2.30. The molecule has 22 heavy (non-hydrogen) atoms. The van der Waals surface area contributed by atoms with Gasteiger partial charge in [0, 0.05) is 31.8 Å². The molecule has 2 heterocycles. The van der Waals surface area contributed by atoms with Gasteiger partial charge in [-0.15, -0.1) is 10.2 Å². The van der Waals surface area contributed by atoms with Gasteiger partial charge in [-0.3, -0.25) is 9.59 Å². The molecule has 1 aliphatic heterocycles. The zero-order chi connectivity index (χ0) is 16.1. The standard InChI is InChI=1S/C15H24N4O2S/c1-10(2)14-17-18-15(22-14)16-12(20)4-5-13(21)19-8-6-11(3)7-9-19/h10-11H,4-9H2,1-3H3,(H,16,18,20). The number of amides is 2. The van der Waals surface area contributed by atoms with E-state index in [2.05, 4.69) is 22.4 Å². The number of likely N-dealkylation sites (tertiary alicyclic amines) is 1. The third-order valence-corrected chi connectivity index (χ3v) is 5.02. The second-order valence-electron chi connectivity index (χ2n) is 6.21. The molecular formula is C15H24N4O2S. The lowest BCUT2D eigenvalue weighted by molar-refractivity contribution is -0.134. The summed E-state index contributed by atoms with van der Waals surface area (Å²) in [5, 5.41) is 12.1. The van der Waals surface area contributed by atoms with Gasteiger partial charge in [-0.1, -0.05) is 32.1 Å². The van der Waals surface area contributed by atoms with Crippen LogP contribution in [0, 0.1) is 5.92 Å². The molecule has 1 fully saturated rings. The smallest absolute Gasteiger partial charge is 0.226 e. The normalized spacial score (nSPS) is 16.1. The first-order chi connectivity index (χ1) is 10.5. The van der Waals surface area contributed by atoms with E-state index in [1.807, 2.05) is 18.7 Å². The van der Waals surface area contributed by atoms with Crippen LogP contribution in [0.2, 0.25) is 0 Å². The summed E-state index contributed by atoms with van der Waals surface area (Å²) in [6.07, 6.45) is 2.57. The van der Waals surface area contributed by atoms with Crippen molar-refractivity contribution in [3.05, 3.63) is 5.01 Å². The maximum Gasteiger partial charge on any atom is 0.226 e. The monoisotopic (exact) mass is 324 g/mol. The van der Waals surface area contributed by atoms with E-state index in [0.717, 1.165) is 30.9 Å². The van der Waals surface area contributed by atoms with Gasteiger partial charge in [0.15, 0.2) is 0 Å². The topological polar surface area (TPSA) is 75.2 Å². The molecule has 0 bridgehead atoms. The summed E-state index contributed by atoms with van der Waals surface area (Å²) < 4.78 is 0. The quantitative estimate of drug-likeness (QED) is 0.903. The number of anilines is 1. The Labute approximate surface area is 135 Å². The SMILES string of the molecule is CC1CCN(C(=O)CCC(=O)Nc2nnc(C(C)C)s2)CC1. The Hall–Kier alpha value is -1.50. The Morgan fingerprint density at radius 1 is 1.27 bits per heavy atom. The van der Waals surface area contributed by atoms with Gasteiger partial charge in [0.05, 0.1) is 0 Å². The highest BCUT2D eigenvalue weighted by Crippen LogP contribution is 2.22. The number of aromatic nitrogens is 2. The molecule has 1 saturated heterocycles. The van der Waals surface area contributed by atoms with Crippen molar-refractivity contribution in [1.29, 1.82) is 0 Å². The van der Waals surface area contributed by atoms with Gasteiger partial charge >= 0.3 is 0 Å². The van der Waals surface area contributed by atoms with Gasteiger partial charge < -0.3 is 10.2 Å². The van der Waals surface area contributed by atoms with E-state index in [1.165, 1.54) is 11.3 Å². The Kier molecular flexibility index (Phi) is 5.88. The summed E-state index contributed by atoms with van der Waals surface area (Å²) in [5.41, 5.74) is 0. The van der Waals surface area contributed by atoms with Crippen LogP contribution in [0.5, 0.6) is 0 Å². The van der Waals surface area contributed by atoms with E-state index in [9.17, 15) is 9.59 Å². The van der Waals surface area contributed by atoms with E-state index in [0.29, 0.717) is 17.0 Å². The summed E-state index contributed by atoms with van der Waals surface area (Å²) in [6.45, 7) is 7.91. The number of carbonyl (C=O) groups excluding carboxylic acids is 2. The van der Waals surface area contributed by atoms with Crippen molar-refractivity contribution in [2.45, 2.75) is 52.4 Å². The molecule has 1 aromatic rings. The zero-order valence-electron chi connectivity index (χ0n) is 13.5. The average Bonchev–Trinajstić information content (AvgIpc) is 2.94. The van der Waals surface area contributed by atoms with Crippen LogP contribution in [0.4, 0.5) is 5.13 Å². The molecule has 122 valence electrons. The molecule has 2 amide bonds. The van der Waals surface area contributed by atoms with Crippen LogP contribution in [-0.4, -0.2) is 40.0 Å². The first-order valence-electron chi connectivity index (χ1n) is 7.86. The molecular weight excluding hydrogens is 300 g/mol. The van der Waals surface area contributed by atoms with Crippen molar-refractivity contribution in [3.8, 4) is 0 Å². The Bertz CT molecular complexity index is 521. The van der Waals surface area contributed by atoms with Crippen LogP contribution in [0.25, 0.3) is 0 Å². The van der Waals surface area contributed by atoms with Gasteiger partial charge in [0.1, 0.15) is 5.01 Å². The van der Waals surface area contributed by atoms with Crippen molar-refractivity contribution in [3.63, 3.8) is 0 Å². The van der Waals surface area contributed by atoms with E-state index < -0.39 is 0 Å². The molecule has 0 radical (unpaired) electrons. The molecule has 7 heteroatoms. The van der Waals surface area contributed by atoms with E-state index in [1.54, 1.807) is 0 Å². The van der Waals surface area contributed by atoms with Crippen LogP contribution in [0.15, 0.2) is 0 Å². The molecule has 0 saturated carbocycles. The number of nitrogens with one attached hydrogen (secondary N) is 1. The molecule has 0 aromatic carbocycles. The molecule has 0 aliphatic carbocycles. The summed E-state index contributed by atoms with van der Waals surface area (Å²) in [6, 6.07) is 0. The lowest BCUT2D eigenvalue weighted by Crippen LogP contribution is -2.38. The first-order valence-corrected chi connectivity index (χ1v) is 8.68. The highest BCUT2D eigenvalue weighted by Gasteiger charge is 2.20. The second kappa shape index (κ2) is 7.67. The number of hydrogen-bond acceptors (Lipinski definition) is 5. The van der Waals surface area contributed by atoms with Gasteiger partial charge in [0.2, 0.25) is 16.9 Å². The first kappa shape index (κ1) is 16.9. The maximum atomic E-state index is 12.1. The highest BCUT2D eigenvalue weighted by molar-refractivity contribution is 7.15. The Balaban J connectivity index is 1.74. The zero-order valence-corrected chi connectivity index (χ0v) is 14.3. The predicted molar refractivity (Wildman–Crippen MR) is 86.8 cm³/mol. The fraction of sp³-hybridized carbons (Fsp3) is 0.733. The Morgan fingerprint density at radius 3 is 2.55 bits per heavy atom. The van der Waals surface area contributed by atoms with Gasteiger partial charge in [-0.2, -0.15) is 0 Å². The van der Waals surface area contributed by atoms with Crippen LogP contribution in [0.3, 0.4) is 0 Å². The van der Waals surface area contributed by atoms with Crippen molar-refractivity contribution in [2.75, 3.05) is 18.4 Å². The fourth-order valence-electron chi connectivity index (χ4n) is 2.34. The van der Waals surface area contributed by atoms with Crippen molar-refractivity contribution >= 4 is 28.3 Å². The fourth-order valence-corrected chi connectivity index (χ4v) is 3.10. The molecule has 1 aliphatic rings. The minimum absolute atomic E-state index is 0.0715. The largest absolute Gasteiger partial charge is 0.343 e. The van der Waals surface area contributed by atoms with Gasteiger partial charge in [-0.25, -0.2) is 0 Å². The van der Waals surface area contributed by atoms with Crippen LogP contribution in [-0.2, 0) is 9.59 Å². The number of carbonyl (C=O) groups is 2. The third-order valence-electron chi connectivity index (χ3n) is 3.88. The van der Waals surface area contributed by atoms with E-state index >= 15 is 0 Å². The number of rotatable bonds is 5. The molecule has 0 unspecified atom stereocenters. The second-order valence-corrected chi connectivity index (χ2v) is 7.22. The average molecular weight is 324 g/mol. The van der Waals surface area contributed by atoms with E-state index in [-0.39, 0.29) is 24.7 Å². The minimum atomic E-state index is -0.176. The lowest BCUT2D eigenvalue weighted by atomic mass is 9.99. The molecule has 1 N–H and O–H groups in total. The predicted octanol–water partition coefficient (Wildman–Crippen LogP) is 2.64. The summed E-state index contributed by atoms with van der Waals surface area (Å²) in [5.74, 6) is 0.887. The minimum Gasteiger partial charge on any atom is -0.343 e. The molecule has 1 aromatic heterocycles. The number of nitrogens with zero attached hydrogens (tertiary/aromatic N) is 3. The third kappa shape index (κ3) is 4.76. The van der Waals surface area contributed by atoms with Gasteiger partial charge in [0.25, 0.3) is 0 Å². The molecule has 0 spiro atoms. The van der Waals surface area contributed by atoms with Crippen molar-refractivity contribution in [1.82, 2.24) is 15.1 Å². The summed E-state index contributed by atoms with van der Waals surface area (Å²) in [7, 11) is 0. The van der Waals surface area contributed by atoms with Crippen LogP contribution in [0.1, 0.15) is 57.4 Å². The van der Waals surface area contributed by atoms with E-state index in [4.69, 9.17) is 0 Å². The summed E-state index contributed by atoms with van der Waals surface area (Å²) in [4.78, 5) is 25.8. The van der Waals surface area contributed by atoms with Crippen LogP contribution >= 0.6 is 11.3 Å².